The van der Waals surface area contributed by atoms with Crippen molar-refractivity contribution in [2.45, 2.75) is 26.2 Å². The third-order valence-corrected chi connectivity index (χ3v) is 4.11. The van der Waals surface area contributed by atoms with Gasteiger partial charge in [0, 0.05) is 23.7 Å². The minimum Gasteiger partial charge on any atom is -0.329 e. The Morgan fingerprint density at radius 3 is 2.62 bits per heavy atom. The van der Waals surface area contributed by atoms with E-state index in [4.69, 9.17) is 0 Å². The summed E-state index contributed by atoms with van der Waals surface area (Å²) in [7, 11) is 0. The molecule has 0 saturated heterocycles. The van der Waals surface area contributed by atoms with Crippen LogP contribution in [0.3, 0.4) is 0 Å². The number of unbranched alkanes of at least 4 members (excludes halogenated alkanes) is 2. The maximum absolute atomic E-state index is 13.0. The number of rotatable bonds is 8. The van der Waals surface area contributed by atoms with Gasteiger partial charge in [0.15, 0.2) is 5.13 Å². The maximum atomic E-state index is 13.0. The van der Waals surface area contributed by atoms with Crippen molar-refractivity contribution in [2.24, 2.45) is 0 Å². The number of thiazole rings is 1. The first-order valence-corrected chi connectivity index (χ1v) is 8.72. The van der Waals surface area contributed by atoms with Gasteiger partial charge in [-0.2, -0.15) is 0 Å². The molecule has 2 rings (SSSR count). The molecule has 2 amide bonds. The van der Waals surface area contributed by atoms with Crippen LogP contribution < -0.4 is 5.32 Å². The molecule has 24 heavy (non-hydrogen) atoms. The SMILES string of the molecule is CCCCCN(CC(=O)Nc1nccs1)C(=O)c1ccc(F)cc1. The quantitative estimate of drug-likeness (QED) is 0.741. The van der Waals surface area contributed by atoms with Crippen molar-refractivity contribution < 1.29 is 14.0 Å². The van der Waals surface area contributed by atoms with E-state index in [0.717, 1.165) is 19.3 Å². The zero-order valence-electron chi connectivity index (χ0n) is 13.5. The molecule has 7 heteroatoms. The first-order chi connectivity index (χ1) is 11.6. The lowest BCUT2D eigenvalue weighted by atomic mass is 10.1. The van der Waals surface area contributed by atoms with Crippen molar-refractivity contribution in [3.63, 3.8) is 0 Å². The molecular formula is C17H20FN3O2S. The van der Waals surface area contributed by atoms with Crippen molar-refractivity contribution in [1.82, 2.24) is 9.88 Å². The number of hydrogen-bond donors (Lipinski definition) is 1. The molecule has 128 valence electrons. The summed E-state index contributed by atoms with van der Waals surface area (Å²) >= 11 is 1.32. The second-order valence-electron chi connectivity index (χ2n) is 5.33. The topological polar surface area (TPSA) is 62.3 Å². The van der Waals surface area contributed by atoms with Crippen LogP contribution in [0.15, 0.2) is 35.8 Å². The lowest BCUT2D eigenvalue weighted by molar-refractivity contribution is -0.116. The summed E-state index contributed by atoms with van der Waals surface area (Å²) in [5.41, 5.74) is 0.370. The van der Waals surface area contributed by atoms with E-state index in [1.54, 1.807) is 11.6 Å². The van der Waals surface area contributed by atoms with Crippen LogP contribution in [0.5, 0.6) is 0 Å². The largest absolute Gasteiger partial charge is 0.329 e. The Hall–Kier alpha value is -2.28. The van der Waals surface area contributed by atoms with Gasteiger partial charge in [-0.1, -0.05) is 19.8 Å². The molecule has 0 atom stereocenters. The van der Waals surface area contributed by atoms with Gasteiger partial charge in [-0.15, -0.1) is 11.3 Å². The molecule has 0 spiro atoms. The van der Waals surface area contributed by atoms with E-state index in [1.807, 2.05) is 0 Å². The van der Waals surface area contributed by atoms with Gasteiger partial charge in [-0.25, -0.2) is 9.37 Å². The monoisotopic (exact) mass is 349 g/mol. The van der Waals surface area contributed by atoms with Crippen LogP contribution in [-0.4, -0.2) is 34.8 Å². The number of nitrogens with one attached hydrogen (secondary N) is 1. The Balaban J connectivity index is 2.03. The molecule has 0 fully saturated rings. The number of halogens is 1. The van der Waals surface area contributed by atoms with E-state index in [-0.39, 0.29) is 18.4 Å². The average Bonchev–Trinajstić information content (AvgIpc) is 3.07. The van der Waals surface area contributed by atoms with E-state index in [2.05, 4.69) is 17.2 Å². The fourth-order valence-corrected chi connectivity index (χ4v) is 2.74. The molecule has 1 aromatic heterocycles. The molecule has 2 aromatic rings. The summed E-state index contributed by atoms with van der Waals surface area (Å²) < 4.78 is 13.0. The lowest BCUT2D eigenvalue weighted by Crippen LogP contribution is -2.38. The highest BCUT2D eigenvalue weighted by Gasteiger charge is 2.19. The van der Waals surface area contributed by atoms with Gasteiger partial charge in [-0.05, 0) is 30.7 Å². The molecule has 1 N–H and O–H groups in total. The van der Waals surface area contributed by atoms with Gasteiger partial charge >= 0.3 is 0 Å². The maximum Gasteiger partial charge on any atom is 0.254 e. The van der Waals surface area contributed by atoms with Crippen LogP contribution in [0.1, 0.15) is 36.5 Å². The Labute approximate surface area is 144 Å². The minimum absolute atomic E-state index is 0.0560. The van der Waals surface area contributed by atoms with E-state index in [9.17, 15) is 14.0 Å². The van der Waals surface area contributed by atoms with Gasteiger partial charge in [0.2, 0.25) is 5.91 Å². The molecule has 1 heterocycles. The zero-order valence-corrected chi connectivity index (χ0v) is 14.3. The van der Waals surface area contributed by atoms with E-state index in [1.165, 1.54) is 40.5 Å². The van der Waals surface area contributed by atoms with Gasteiger partial charge in [0.1, 0.15) is 12.4 Å². The van der Waals surface area contributed by atoms with Crippen LogP contribution in [0.4, 0.5) is 9.52 Å². The Bertz CT molecular complexity index is 659. The summed E-state index contributed by atoms with van der Waals surface area (Å²) in [6.07, 6.45) is 4.40. The van der Waals surface area contributed by atoms with Crippen molar-refractivity contribution in [2.75, 3.05) is 18.4 Å². The van der Waals surface area contributed by atoms with Gasteiger partial charge < -0.3 is 10.2 Å². The van der Waals surface area contributed by atoms with Crippen molar-refractivity contribution in [1.29, 1.82) is 0 Å². The van der Waals surface area contributed by atoms with Crippen LogP contribution >= 0.6 is 11.3 Å². The highest BCUT2D eigenvalue weighted by molar-refractivity contribution is 7.13. The lowest BCUT2D eigenvalue weighted by Gasteiger charge is -2.22. The fourth-order valence-electron chi connectivity index (χ4n) is 2.20. The molecule has 0 radical (unpaired) electrons. The number of nitrogens with zero attached hydrogens (tertiary/aromatic N) is 2. The zero-order chi connectivity index (χ0) is 17.4. The number of anilines is 1. The number of aromatic nitrogens is 1. The number of hydrogen-bond acceptors (Lipinski definition) is 4. The van der Waals surface area contributed by atoms with Crippen LogP contribution in [0, 0.1) is 5.82 Å². The predicted molar refractivity (Wildman–Crippen MR) is 92.6 cm³/mol. The summed E-state index contributed by atoms with van der Waals surface area (Å²) in [6.45, 7) is 2.50. The smallest absolute Gasteiger partial charge is 0.254 e. The van der Waals surface area contributed by atoms with Crippen LogP contribution in [0.25, 0.3) is 0 Å². The Kier molecular flexibility index (Phi) is 6.87. The molecule has 0 aliphatic rings. The van der Waals surface area contributed by atoms with Gasteiger partial charge in [0.25, 0.3) is 5.91 Å². The molecule has 0 aliphatic carbocycles. The highest BCUT2D eigenvalue weighted by atomic mass is 32.1. The minimum atomic E-state index is -0.398. The predicted octanol–water partition coefficient (Wildman–Crippen LogP) is 3.55. The molecule has 0 saturated carbocycles. The van der Waals surface area contributed by atoms with Crippen LogP contribution in [0.2, 0.25) is 0 Å². The molecule has 0 bridgehead atoms. The normalized spacial score (nSPS) is 10.4. The summed E-state index contributed by atoms with van der Waals surface area (Å²) in [4.78, 5) is 30.2. The summed E-state index contributed by atoms with van der Waals surface area (Å²) in [5, 5.41) is 4.94. The average molecular weight is 349 g/mol. The Morgan fingerprint density at radius 1 is 1.25 bits per heavy atom. The number of carbonyl (C=O) groups excluding carboxylic acids is 2. The highest BCUT2D eigenvalue weighted by Crippen LogP contribution is 2.12. The Morgan fingerprint density at radius 2 is 2.00 bits per heavy atom. The number of amides is 2. The molecular weight excluding hydrogens is 329 g/mol. The van der Waals surface area contributed by atoms with Crippen LogP contribution in [-0.2, 0) is 4.79 Å². The van der Waals surface area contributed by atoms with Crippen molar-refractivity contribution >= 4 is 28.3 Å². The summed E-state index contributed by atoms with van der Waals surface area (Å²) in [5.74, 6) is -0.970. The second-order valence-corrected chi connectivity index (χ2v) is 6.22. The molecule has 0 unspecified atom stereocenters. The van der Waals surface area contributed by atoms with Gasteiger partial charge in [0.05, 0.1) is 0 Å². The molecule has 0 aliphatic heterocycles. The first kappa shape index (κ1) is 18.1. The molecule has 1 aromatic carbocycles. The first-order valence-electron chi connectivity index (χ1n) is 7.84. The van der Waals surface area contributed by atoms with Gasteiger partial charge in [-0.3, -0.25) is 9.59 Å². The molecule has 5 nitrogen and oxygen atoms in total. The number of carbonyl (C=O) groups is 2. The third-order valence-electron chi connectivity index (χ3n) is 3.42. The van der Waals surface area contributed by atoms with E-state index < -0.39 is 5.82 Å². The van der Waals surface area contributed by atoms with Crippen molar-refractivity contribution in [3.8, 4) is 0 Å². The van der Waals surface area contributed by atoms with E-state index in [0.29, 0.717) is 17.2 Å². The third kappa shape index (κ3) is 5.42. The number of benzene rings is 1. The second kappa shape index (κ2) is 9.12. The van der Waals surface area contributed by atoms with E-state index >= 15 is 0 Å². The summed E-state index contributed by atoms with van der Waals surface area (Å²) in [6, 6.07) is 5.35. The van der Waals surface area contributed by atoms with Crippen molar-refractivity contribution in [3.05, 3.63) is 47.2 Å². The standard InChI is InChI=1S/C17H20FN3O2S/c1-2-3-4-10-21(12-15(22)20-17-19-9-11-24-17)16(23)13-5-7-14(18)8-6-13/h5-9,11H,2-4,10,12H2,1H3,(H,19,20,22). The fraction of sp³-hybridized carbons (Fsp3) is 0.353.